The third-order valence-corrected chi connectivity index (χ3v) is 14.2. The van der Waals surface area contributed by atoms with E-state index in [1.54, 1.807) is 42.6 Å². The van der Waals surface area contributed by atoms with Crippen LogP contribution >= 0.6 is 0 Å². The first-order valence-electron chi connectivity index (χ1n) is 21.9. The number of piperidine rings is 1. The van der Waals surface area contributed by atoms with E-state index in [0.29, 0.717) is 42.8 Å². The van der Waals surface area contributed by atoms with E-state index in [1.807, 2.05) is 6.07 Å². The van der Waals surface area contributed by atoms with Gasteiger partial charge in [-0.25, -0.2) is 18.1 Å². The first-order chi connectivity index (χ1) is 30.5. The summed E-state index contributed by atoms with van der Waals surface area (Å²) in [5.41, 5.74) is 10.5. The molecule has 12 nitrogen and oxygen atoms in total. The SMILES string of the molecule is CN1CCC(CCOc2ccc(S(=O)(=O)NC(=O)c3ccc(N4CCN(CC5=C(c6ccc(C(F)(F)F)cc6)CC(C)(C)CC5)CC4)cc3Oc3cnc4[nH]ccc4c3)cc2N)CC1. The Hall–Kier alpha value is -5.58. The topological polar surface area (TPSA) is 146 Å². The Balaban J connectivity index is 0.966. The molecule has 2 aromatic heterocycles. The average Bonchev–Trinajstić information content (AvgIpc) is 3.73. The molecule has 1 aliphatic carbocycles. The summed E-state index contributed by atoms with van der Waals surface area (Å²) < 4.78 is 81.9. The number of sulfonamides is 1. The molecule has 0 saturated carbocycles. The number of nitrogens with two attached hydrogens (primary N) is 1. The molecular formula is C48H56F3N7O5S. The maximum atomic E-state index is 13.9. The van der Waals surface area contributed by atoms with Crippen molar-refractivity contribution in [2.45, 2.75) is 63.4 Å². The van der Waals surface area contributed by atoms with Gasteiger partial charge in [0.1, 0.15) is 22.9 Å². The first kappa shape index (κ1) is 45.0. The van der Waals surface area contributed by atoms with Crippen LogP contribution in [0.5, 0.6) is 17.2 Å². The Morgan fingerprint density at radius 1 is 0.953 bits per heavy atom. The number of benzene rings is 3. The van der Waals surface area contributed by atoms with Crippen LogP contribution in [0.4, 0.5) is 24.5 Å². The van der Waals surface area contributed by atoms with Crippen molar-refractivity contribution >= 4 is 43.9 Å². The molecule has 4 heterocycles. The van der Waals surface area contributed by atoms with Crippen LogP contribution in [0.15, 0.2) is 95.7 Å². The minimum Gasteiger partial charge on any atom is -0.491 e. The zero-order valence-electron chi connectivity index (χ0n) is 36.5. The minimum atomic E-state index is -4.39. The molecule has 0 bridgehead atoms. The molecule has 3 aromatic carbocycles. The van der Waals surface area contributed by atoms with Crippen molar-refractivity contribution < 1.29 is 35.9 Å². The normalized spacial score (nSPS) is 18.1. The van der Waals surface area contributed by atoms with E-state index < -0.39 is 27.7 Å². The number of alkyl halides is 3. The van der Waals surface area contributed by atoms with Gasteiger partial charge in [-0.15, -0.1) is 0 Å². The zero-order valence-corrected chi connectivity index (χ0v) is 37.3. The highest BCUT2D eigenvalue weighted by Crippen LogP contribution is 2.44. The number of carbonyl (C=O) groups is 1. The molecule has 2 fully saturated rings. The van der Waals surface area contributed by atoms with E-state index in [9.17, 15) is 26.4 Å². The molecule has 0 unspecified atom stereocenters. The lowest BCUT2D eigenvalue weighted by Gasteiger charge is -2.39. The molecule has 16 heteroatoms. The zero-order chi connectivity index (χ0) is 45.2. The van der Waals surface area contributed by atoms with Crippen LogP contribution in [-0.4, -0.2) is 93.6 Å². The molecule has 0 radical (unpaired) electrons. The number of piperazine rings is 1. The number of hydrogen-bond donors (Lipinski definition) is 3. The van der Waals surface area contributed by atoms with Gasteiger partial charge in [-0.1, -0.05) is 31.6 Å². The van der Waals surface area contributed by atoms with E-state index in [4.69, 9.17) is 15.2 Å². The Kier molecular flexibility index (Phi) is 13.0. The number of allylic oxidation sites excluding steroid dienone is 1. The van der Waals surface area contributed by atoms with Crippen molar-refractivity contribution in [2.75, 3.05) is 70.1 Å². The number of aromatic amines is 1. The van der Waals surface area contributed by atoms with Crippen LogP contribution in [0.2, 0.25) is 0 Å². The van der Waals surface area contributed by atoms with Crippen LogP contribution in [0.1, 0.15) is 73.9 Å². The van der Waals surface area contributed by atoms with Gasteiger partial charge in [-0.05, 0) is 136 Å². The summed E-state index contributed by atoms with van der Waals surface area (Å²) >= 11 is 0. The van der Waals surface area contributed by atoms with Gasteiger partial charge in [0.25, 0.3) is 15.9 Å². The molecule has 0 atom stereocenters. The van der Waals surface area contributed by atoms with E-state index >= 15 is 0 Å². The maximum Gasteiger partial charge on any atom is 0.416 e. The summed E-state index contributed by atoms with van der Waals surface area (Å²) in [5, 5.41) is 0.795. The van der Waals surface area contributed by atoms with Crippen molar-refractivity contribution in [3.05, 3.63) is 107 Å². The highest BCUT2D eigenvalue weighted by molar-refractivity contribution is 7.90. The fourth-order valence-electron chi connectivity index (χ4n) is 8.94. The summed E-state index contributed by atoms with van der Waals surface area (Å²) in [6.45, 7) is 10.5. The number of amides is 1. The van der Waals surface area contributed by atoms with Gasteiger partial charge in [0.05, 0.1) is 34.5 Å². The molecule has 1 amide bonds. The number of nitrogens with zero attached hydrogens (tertiary/aromatic N) is 4. The number of nitrogen functional groups attached to an aromatic ring is 1. The first-order valence-corrected chi connectivity index (χ1v) is 23.4. The van der Waals surface area contributed by atoms with Gasteiger partial charge in [0, 0.05) is 56.1 Å². The minimum absolute atomic E-state index is 0.00455. The second-order valence-corrected chi connectivity index (χ2v) is 19.8. The van der Waals surface area contributed by atoms with Crippen LogP contribution < -0.4 is 24.8 Å². The number of ether oxygens (including phenoxy) is 2. The van der Waals surface area contributed by atoms with Gasteiger partial charge in [-0.2, -0.15) is 13.2 Å². The molecule has 2 aliphatic heterocycles. The predicted molar refractivity (Wildman–Crippen MR) is 243 cm³/mol. The fourth-order valence-corrected chi connectivity index (χ4v) is 9.94. The Bertz CT molecular complexity index is 2610. The van der Waals surface area contributed by atoms with Crippen LogP contribution in [0.3, 0.4) is 0 Å². The van der Waals surface area contributed by atoms with Crippen molar-refractivity contribution in [2.24, 2.45) is 11.3 Å². The predicted octanol–water partition coefficient (Wildman–Crippen LogP) is 8.97. The van der Waals surface area contributed by atoms with E-state index in [0.717, 1.165) is 93.5 Å². The van der Waals surface area contributed by atoms with Gasteiger partial charge < -0.3 is 30.0 Å². The van der Waals surface area contributed by atoms with E-state index in [1.165, 1.54) is 42.1 Å². The number of anilines is 2. The number of halogens is 3. The molecule has 5 aromatic rings. The number of H-pyrrole nitrogens is 1. The molecule has 64 heavy (non-hydrogen) atoms. The van der Waals surface area contributed by atoms with Crippen molar-refractivity contribution in [3.8, 4) is 17.2 Å². The summed E-state index contributed by atoms with van der Waals surface area (Å²) in [6.07, 6.45) is 4.66. The summed E-state index contributed by atoms with van der Waals surface area (Å²) in [7, 11) is -2.24. The number of nitrogens with one attached hydrogen (secondary N) is 2. The Morgan fingerprint density at radius 3 is 2.42 bits per heavy atom. The van der Waals surface area contributed by atoms with E-state index in [-0.39, 0.29) is 27.3 Å². The molecule has 340 valence electrons. The second kappa shape index (κ2) is 18.5. The quantitative estimate of drug-likeness (QED) is 0.0980. The van der Waals surface area contributed by atoms with Crippen molar-refractivity contribution in [1.29, 1.82) is 0 Å². The van der Waals surface area contributed by atoms with Crippen molar-refractivity contribution in [1.82, 2.24) is 24.5 Å². The number of likely N-dealkylation sites (tertiary alicyclic amines) is 1. The number of carbonyl (C=O) groups excluding carboxylic acids is 1. The number of rotatable bonds is 13. The molecular weight excluding hydrogens is 844 g/mol. The third-order valence-electron chi connectivity index (χ3n) is 12.9. The van der Waals surface area contributed by atoms with Crippen LogP contribution in [0, 0.1) is 11.3 Å². The molecule has 2 saturated heterocycles. The second-order valence-electron chi connectivity index (χ2n) is 18.1. The number of fused-ring (bicyclic) bond motifs is 1. The molecule has 4 N–H and O–H groups in total. The van der Waals surface area contributed by atoms with Gasteiger partial charge >= 0.3 is 6.18 Å². The van der Waals surface area contributed by atoms with Gasteiger partial charge in [0.2, 0.25) is 0 Å². The Morgan fingerprint density at radius 2 is 1.70 bits per heavy atom. The van der Waals surface area contributed by atoms with Crippen molar-refractivity contribution in [3.63, 3.8) is 0 Å². The monoisotopic (exact) mass is 899 g/mol. The highest BCUT2D eigenvalue weighted by Gasteiger charge is 2.33. The summed E-state index contributed by atoms with van der Waals surface area (Å²) in [5.74, 6) is 0.576. The smallest absolute Gasteiger partial charge is 0.416 e. The number of aromatic nitrogens is 2. The third kappa shape index (κ3) is 10.7. The lowest BCUT2D eigenvalue weighted by Crippen LogP contribution is -2.47. The van der Waals surface area contributed by atoms with Crippen LogP contribution in [-0.2, 0) is 16.2 Å². The standard InChI is InChI=1S/C48H56F3N7O5S/c1-47(2)17-12-35(41(29-47)33-4-6-36(7-5-33)48(49,50)51)31-57-21-23-58(24-22-57)37-8-10-40(44(27-37)63-38-26-34-13-18-53-45(34)54-30-38)46(59)55-64(60,61)39-9-11-43(42(52)28-39)62-25-16-32-14-19-56(3)20-15-32/h4-11,13,18,26-28,30,32H,12,14-17,19-25,29,31,52H2,1-3H3,(H,53,54)(H,55,59). The fraction of sp³-hybridized carbons (Fsp3) is 0.417. The van der Waals surface area contributed by atoms with Gasteiger partial charge in [0.15, 0.2) is 0 Å². The maximum absolute atomic E-state index is 13.9. The molecule has 3 aliphatic rings. The summed E-state index contributed by atoms with van der Waals surface area (Å²) in [4.78, 5) is 28.1. The largest absolute Gasteiger partial charge is 0.491 e. The number of hydrogen-bond acceptors (Lipinski definition) is 10. The lowest BCUT2D eigenvalue weighted by atomic mass is 9.72. The highest BCUT2D eigenvalue weighted by atomic mass is 32.2. The lowest BCUT2D eigenvalue weighted by molar-refractivity contribution is -0.137. The van der Waals surface area contributed by atoms with Crippen LogP contribution in [0.25, 0.3) is 16.6 Å². The summed E-state index contributed by atoms with van der Waals surface area (Å²) in [6, 6.07) is 18.4. The van der Waals surface area contributed by atoms with Gasteiger partial charge in [-0.3, -0.25) is 9.69 Å². The van der Waals surface area contributed by atoms with E-state index in [2.05, 4.69) is 50.3 Å². The number of pyridine rings is 1. The molecule has 0 spiro atoms. The molecule has 8 rings (SSSR count). The Labute approximate surface area is 372 Å². The average molecular weight is 900 g/mol.